The second kappa shape index (κ2) is 5.62. The number of aromatic nitrogens is 2. The number of amides is 1. The van der Waals surface area contributed by atoms with Crippen molar-refractivity contribution in [3.63, 3.8) is 0 Å². The summed E-state index contributed by atoms with van der Waals surface area (Å²) < 4.78 is 6.64. The molecule has 1 unspecified atom stereocenters. The van der Waals surface area contributed by atoms with Gasteiger partial charge in [0.2, 0.25) is 0 Å². The quantitative estimate of drug-likeness (QED) is 0.870. The summed E-state index contributed by atoms with van der Waals surface area (Å²) in [5.41, 5.74) is 1.22. The van der Waals surface area contributed by atoms with Crippen molar-refractivity contribution < 1.29 is 19.4 Å². The summed E-state index contributed by atoms with van der Waals surface area (Å²) in [5, 5.41) is 13.5. The number of aryl methyl sites for hydroxylation is 1. The van der Waals surface area contributed by atoms with Crippen LogP contribution in [0.25, 0.3) is 0 Å². The molecule has 1 saturated heterocycles. The van der Waals surface area contributed by atoms with E-state index in [4.69, 9.17) is 4.74 Å². The minimum absolute atomic E-state index is 0.0238. The Kier molecular flexibility index (Phi) is 4.08. The Morgan fingerprint density at radius 1 is 1.50 bits per heavy atom. The lowest BCUT2D eigenvalue weighted by Crippen LogP contribution is -2.52. The van der Waals surface area contributed by atoms with Crippen LogP contribution < -0.4 is 0 Å². The summed E-state index contributed by atoms with van der Waals surface area (Å²) >= 11 is 0. The summed E-state index contributed by atoms with van der Waals surface area (Å²) in [6.07, 6.45) is 0. The number of aliphatic carboxylic acids is 1. The molecule has 1 aliphatic heterocycles. The van der Waals surface area contributed by atoms with Gasteiger partial charge < -0.3 is 14.7 Å². The number of ether oxygens (including phenoxy) is 1. The molecule has 110 valence electrons. The van der Waals surface area contributed by atoms with E-state index >= 15 is 0 Å². The van der Waals surface area contributed by atoms with Gasteiger partial charge in [-0.1, -0.05) is 13.8 Å². The third-order valence-electron chi connectivity index (χ3n) is 3.38. The molecule has 1 N–H and O–H groups in total. The van der Waals surface area contributed by atoms with Crippen molar-refractivity contribution in [2.75, 3.05) is 19.8 Å². The van der Waals surface area contributed by atoms with E-state index in [9.17, 15) is 14.7 Å². The summed E-state index contributed by atoms with van der Waals surface area (Å²) in [6.45, 7) is 4.63. The molecule has 1 amide bonds. The normalized spacial score (nSPS) is 19.4. The molecule has 0 aliphatic carbocycles. The SMILES string of the molecule is CC(C)c1cc(C(=O)N2CCOCC2C(=O)O)n(C)n1. The van der Waals surface area contributed by atoms with Crippen LogP contribution in [0, 0.1) is 0 Å². The van der Waals surface area contributed by atoms with Gasteiger partial charge in [0, 0.05) is 13.6 Å². The minimum Gasteiger partial charge on any atom is -0.480 e. The number of hydrogen-bond donors (Lipinski definition) is 1. The molecule has 0 aromatic carbocycles. The monoisotopic (exact) mass is 281 g/mol. The standard InChI is InChI=1S/C13H19N3O4/c1-8(2)9-6-10(15(3)14-9)12(17)16-4-5-20-7-11(16)13(18)19/h6,8,11H,4-5,7H2,1-3H3,(H,18,19). The van der Waals surface area contributed by atoms with Crippen molar-refractivity contribution in [2.24, 2.45) is 7.05 Å². The predicted octanol–water partition coefficient (Wildman–Crippen LogP) is 0.469. The second-order valence-corrected chi connectivity index (χ2v) is 5.16. The molecule has 7 nitrogen and oxygen atoms in total. The molecule has 1 atom stereocenters. The Bertz CT molecular complexity index is 524. The third-order valence-corrected chi connectivity index (χ3v) is 3.38. The van der Waals surface area contributed by atoms with Gasteiger partial charge in [-0.05, 0) is 12.0 Å². The second-order valence-electron chi connectivity index (χ2n) is 5.16. The topological polar surface area (TPSA) is 84.7 Å². The Morgan fingerprint density at radius 3 is 2.75 bits per heavy atom. The van der Waals surface area contributed by atoms with E-state index < -0.39 is 12.0 Å². The lowest BCUT2D eigenvalue weighted by molar-refractivity contribution is -0.147. The molecule has 0 radical (unpaired) electrons. The van der Waals surface area contributed by atoms with Gasteiger partial charge in [-0.2, -0.15) is 5.10 Å². The maximum atomic E-state index is 12.5. The van der Waals surface area contributed by atoms with Gasteiger partial charge in [0.15, 0.2) is 6.04 Å². The number of carbonyl (C=O) groups excluding carboxylic acids is 1. The van der Waals surface area contributed by atoms with E-state index in [0.717, 1.165) is 5.69 Å². The van der Waals surface area contributed by atoms with Crippen LogP contribution in [-0.4, -0.2) is 57.5 Å². The van der Waals surface area contributed by atoms with E-state index in [-0.39, 0.29) is 25.0 Å². The summed E-state index contributed by atoms with van der Waals surface area (Å²) in [5.74, 6) is -1.16. The molecule has 1 aliphatic rings. The van der Waals surface area contributed by atoms with Crippen molar-refractivity contribution in [3.05, 3.63) is 17.5 Å². The number of hydrogen-bond acceptors (Lipinski definition) is 4. The highest BCUT2D eigenvalue weighted by atomic mass is 16.5. The fourth-order valence-electron chi connectivity index (χ4n) is 2.17. The molecule has 20 heavy (non-hydrogen) atoms. The number of carbonyl (C=O) groups is 2. The maximum absolute atomic E-state index is 12.5. The maximum Gasteiger partial charge on any atom is 0.328 e. The van der Waals surface area contributed by atoms with Gasteiger partial charge in [0.25, 0.3) is 5.91 Å². The number of nitrogens with zero attached hydrogens (tertiary/aromatic N) is 3. The molecule has 2 rings (SSSR count). The largest absolute Gasteiger partial charge is 0.480 e. The molecule has 0 bridgehead atoms. The van der Waals surface area contributed by atoms with Crippen molar-refractivity contribution in [2.45, 2.75) is 25.8 Å². The molecule has 2 heterocycles. The summed E-state index contributed by atoms with van der Waals surface area (Å²) in [6, 6.07) is 0.787. The first-order chi connectivity index (χ1) is 9.41. The molecule has 1 aromatic rings. The van der Waals surface area contributed by atoms with E-state index in [1.807, 2.05) is 13.8 Å². The Hall–Kier alpha value is -1.89. The zero-order chi connectivity index (χ0) is 14.9. The highest BCUT2D eigenvalue weighted by molar-refractivity contribution is 5.95. The van der Waals surface area contributed by atoms with Gasteiger partial charge in [-0.25, -0.2) is 4.79 Å². The highest BCUT2D eigenvalue weighted by Crippen LogP contribution is 2.17. The van der Waals surface area contributed by atoms with E-state index in [2.05, 4.69) is 5.10 Å². The zero-order valence-corrected chi connectivity index (χ0v) is 11.9. The first-order valence-corrected chi connectivity index (χ1v) is 6.57. The van der Waals surface area contributed by atoms with Crippen LogP contribution in [0.15, 0.2) is 6.07 Å². The van der Waals surface area contributed by atoms with E-state index in [1.54, 1.807) is 13.1 Å². The molecule has 0 saturated carbocycles. The molecule has 7 heteroatoms. The van der Waals surface area contributed by atoms with Gasteiger partial charge >= 0.3 is 5.97 Å². The average Bonchev–Trinajstić information content (AvgIpc) is 2.80. The fraction of sp³-hybridized carbons (Fsp3) is 0.615. The Balaban J connectivity index is 2.27. The van der Waals surface area contributed by atoms with Crippen LogP contribution in [-0.2, 0) is 16.6 Å². The molecule has 1 fully saturated rings. The van der Waals surface area contributed by atoms with Crippen LogP contribution in [0.5, 0.6) is 0 Å². The van der Waals surface area contributed by atoms with Crippen molar-refractivity contribution in [1.29, 1.82) is 0 Å². The Morgan fingerprint density at radius 2 is 2.20 bits per heavy atom. The zero-order valence-electron chi connectivity index (χ0n) is 11.9. The smallest absolute Gasteiger partial charge is 0.328 e. The summed E-state index contributed by atoms with van der Waals surface area (Å²) in [4.78, 5) is 25.1. The molecule has 1 aromatic heterocycles. The molecular weight excluding hydrogens is 262 g/mol. The first-order valence-electron chi connectivity index (χ1n) is 6.57. The fourth-order valence-corrected chi connectivity index (χ4v) is 2.17. The minimum atomic E-state index is -1.05. The lowest BCUT2D eigenvalue weighted by atomic mass is 10.1. The summed E-state index contributed by atoms with van der Waals surface area (Å²) in [7, 11) is 1.69. The van der Waals surface area contributed by atoms with Crippen LogP contribution in [0.3, 0.4) is 0 Å². The molecular formula is C13H19N3O4. The Labute approximate surface area is 117 Å². The third kappa shape index (κ3) is 2.67. The van der Waals surface area contributed by atoms with Crippen molar-refractivity contribution in [1.82, 2.24) is 14.7 Å². The van der Waals surface area contributed by atoms with Crippen molar-refractivity contribution in [3.8, 4) is 0 Å². The average molecular weight is 281 g/mol. The van der Waals surface area contributed by atoms with Crippen molar-refractivity contribution >= 4 is 11.9 Å². The van der Waals surface area contributed by atoms with Crippen LogP contribution in [0.4, 0.5) is 0 Å². The van der Waals surface area contributed by atoms with E-state index in [0.29, 0.717) is 12.3 Å². The van der Waals surface area contributed by atoms with Crippen LogP contribution in [0.1, 0.15) is 35.9 Å². The van der Waals surface area contributed by atoms with E-state index in [1.165, 1.54) is 9.58 Å². The predicted molar refractivity (Wildman–Crippen MR) is 70.6 cm³/mol. The van der Waals surface area contributed by atoms with Crippen LogP contribution in [0.2, 0.25) is 0 Å². The first kappa shape index (κ1) is 14.5. The number of carboxylic acids is 1. The van der Waals surface area contributed by atoms with Gasteiger partial charge in [-0.3, -0.25) is 9.48 Å². The number of carboxylic acid groups (broad SMARTS) is 1. The molecule has 0 spiro atoms. The number of morpholine rings is 1. The highest BCUT2D eigenvalue weighted by Gasteiger charge is 2.34. The lowest BCUT2D eigenvalue weighted by Gasteiger charge is -2.32. The van der Waals surface area contributed by atoms with Gasteiger partial charge in [-0.15, -0.1) is 0 Å². The van der Waals surface area contributed by atoms with Crippen LogP contribution >= 0.6 is 0 Å². The van der Waals surface area contributed by atoms with Gasteiger partial charge in [0.05, 0.1) is 18.9 Å². The van der Waals surface area contributed by atoms with Gasteiger partial charge in [0.1, 0.15) is 5.69 Å². The number of rotatable bonds is 3.